The summed E-state index contributed by atoms with van der Waals surface area (Å²) in [5.41, 5.74) is 1.88. The molecule has 5 nitrogen and oxygen atoms in total. The molecule has 0 atom stereocenters. The zero-order valence-corrected chi connectivity index (χ0v) is 13.9. The smallest absolute Gasteiger partial charge is 0.308 e. The lowest BCUT2D eigenvalue weighted by Gasteiger charge is -2.08. The largest absolute Gasteiger partial charge is 0.489 e. The molecule has 118 valence electrons. The van der Waals surface area contributed by atoms with Gasteiger partial charge >= 0.3 is 5.97 Å². The van der Waals surface area contributed by atoms with E-state index in [2.05, 4.69) is 9.97 Å². The molecule has 0 radical (unpaired) electrons. The average molecular weight is 328 g/mol. The molecule has 2 aromatic heterocycles. The minimum Gasteiger partial charge on any atom is -0.489 e. The number of carbonyl (C=O) groups excluding carboxylic acids is 1. The van der Waals surface area contributed by atoms with Crippen molar-refractivity contribution < 1.29 is 14.3 Å². The van der Waals surface area contributed by atoms with Crippen LogP contribution in [0.25, 0.3) is 10.1 Å². The molecule has 0 N–H and O–H groups in total. The van der Waals surface area contributed by atoms with Crippen molar-refractivity contribution in [1.29, 1.82) is 0 Å². The number of hydrogen-bond donors (Lipinski definition) is 0. The van der Waals surface area contributed by atoms with E-state index in [9.17, 15) is 4.79 Å². The van der Waals surface area contributed by atoms with Crippen LogP contribution in [0.5, 0.6) is 11.5 Å². The number of nitrogens with zero attached hydrogens (tertiary/aromatic N) is 2. The molecule has 0 fully saturated rings. The van der Waals surface area contributed by atoms with Gasteiger partial charge in [-0.25, -0.2) is 9.97 Å². The highest BCUT2D eigenvalue weighted by Gasteiger charge is 2.09. The lowest BCUT2D eigenvalue weighted by Crippen LogP contribution is -2.02. The van der Waals surface area contributed by atoms with E-state index in [1.165, 1.54) is 18.3 Å². The Kier molecular flexibility index (Phi) is 4.25. The number of ether oxygens (including phenoxy) is 2. The average Bonchev–Trinajstić information content (AvgIpc) is 2.88. The van der Waals surface area contributed by atoms with Crippen molar-refractivity contribution in [2.75, 3.05) is 0 Å². The van der Waals surface area contributed by atoms with Crippen LogP contribution in [-0.4, -0.2) is 15.9 Å². The third-order valence-corrected chi connectivity index (χ3v) is 4.28. The van der Waals surface area contributed by atoms with Crippen LogP contribution in [0, 0.1) is 13.8 Å². The van der Waals surface area contributed by atoms with Crippen LogP contribution >= 0.6 is 11.3 Å². The number of hydrogen-bond acceptors (Lipinski definition) is 6. The molecule has 2 heterocycles. The van der Waals surface area contributed by atoms with Crippen LogP contribution in [0.3, 0.4) is 0 Å². The highest BCUT2D eigenvalue weighted by atomic mass is 32.1. The number of aromatic nitrogens is 2. The fourth-order valence-corrected chi connectivity index (χ4v) is 3.11. The molecule has 3 rings (SSSR count). The molecule has 0 aliphatic carbocycles. The van der Waals surface area contributed by atoms with Gasteiger partial charge in [0, 0.05) is 39.8 Å². The van der Waals surface area contributed by atoms with Gasteiger partial charge in [-0.1, -0.05) is 0 Å². The fraction of sp³-hybridized carbons (Fsp3) is 0.235. The Morgan fingerprint density at radius 2 is 2.13 bits per heavy atom. The number of aryl methyl sites for hydroxylation is 2. The van der Waals surface area contributed by atoms with Crippen molar-refractivity contribution in [2.45, 2.75) is 27.4 Å². The second-order valence-corrected chi connectivity index (χ2v) is 6.08. The zero-order valence-electron chi connectivity index (χ0n) is 13.1. The fourth-order valence-electron chi connectivity index (χ4n) is 2.22. The number of rotatable bonds is 4. The highest BCUT2D eigenvalue weighted by molar-refractivity contribution is 7.17. The summed E-state index contributed by atoms with van der Waals surface area (Å²) in [4.78, 5) is 19.6. The first-order valence-electron chi connectivity index (χ1n) is 7.14. The quantitative estimate of drug-likeness (QED) is 0.682. The van der Waals surface area contributed by atoms with Gasteiger partial charge in [0.2, 0.25) is 0 Å². The van der Waals surface area contributed by atoms with Crippen LogP contribution in [0.4, 0.5) is 0 Å². The second kappa shape index (κ2) is 6.34. The monoisotopic (exact) mass is 328 g/mol. The number of esters is 1. The maximum atomic E-state index is 11.1. The number of fused-ring (bicyclic) bond motifs is 1. The highest BCUT2D eigenvalue weighted by Crippen LogP contribution is 2.34. The van der Waals surface area contributed by atoms with E-state index in [1.54, 1.807) is 6.20 Å². The number of carbonyl (C=O) groups is 1. The van der Waals surface area contributed by atoms with Gasteiger partial charge in [-0.05, 0) is 32.0 Å². The van der Waals surface area contributed by atoms with Gasteiger partial charge < -0.3 is 9.47 Å². The third kappa shape index (κ3) is 3.48. The van der Waals surface area contributed by atoms with Gasteiger partial charge in [0.15, 0.2) is 0 Å². The lowest BCUT2D eigenvalue weighted by atomic mass is 10.2. The Morgan fingerprint density at radius 1 is 1.30 bits per heavy atom. The predicted octanol–water partition coefficient (Wildman–Crippen LogP) is 3.81. The molecule has 0 aliphatic heterocycles. The molecule has 0 unspecified atom stereocenters. The Morgan fingerprint density at radius 3 is 2.87 bits per heavy atom. The first-order chi connectivity index (χ1) is 11.0. The minimum absolute atomic E-state index is 0.320. The van der Waals surface area contributed by atoms with Crippen molar-refractivity contribution >= 4 is 27.4 Å². The van der Waals surface area contributed by atoms with E-state index >= 15 is 0 Å². The molecule has 23 heavy (non-hydrogen) atoms. The number of benzene rings is 1. The molecule has 0 saturated carbocycles. The Labute approximate surface area is 137 Å². The van der Waals surface area contributed by atoms with Gasteiger partial charge in [0.25, 0.3) is 0 Å². The Balaban J connectivity index is 1.77. The van der Waals surface area contributed by atoms with Crippen LogP contribution in [0.2, 0.25) is 0 Å². The molecule has 1 aromatic carbocycles. The van der Waals surface area contributed by atoms with Gasteiger partial charge in [0.05, 0.1) is 0 Å². The number of thiophene rings is 1. The van der Waals surface area contributed by atoms with Crippen molar-refractivity contribution in [1.82, 2.24) is 9.97 Å². The summed E-state index contributed by atoms with van der Waals surface area (Å²) in [5.74, 6) is 1.78. The first-order valence-corrected chi connectivity index (χ1v) is 8.02. The third-order valence-electron chi connectivity index (χ3n) is 3.36. The summed E-state index contributed by atoms with van der Waals surface area (Å²) >= 11 is 1.51. The molecule has 6 heteroatoms. The van der Waals surface area contributed by atoms with Crippen LogP contribution in [-0.2, 0) is 11.4 Å². The molecule has 0 amide bonds. The van der Waals surface area contributed by atoms with Gasteiger partial charge in [-0.15, -0.1) is 11.3 Å². The summed E-state index contributed by atoms with van der Waals surface area (Å²) < 4.78 is 12.0. The first kappa shape index (κ1) is 15.4. The van der Waals surface area contributed by atoms with Gasteiger partial charge in [0.1, 0.15) is 23.9 Å². The Bertz CT molecular complexity index is 873. The van der Waals surface area contributed by atoms with Crippen molar-refractivity contribution in [3.8, 4) is 11.5 Å². The second-order valence-electron chi connectivity index (χ2n) is 5.17. The summed E-state index contributed by atoms with van der Waals surface area (Å²) in [6.45, 7) is 5.62. The van der Waals surface area contributed by atoms with Crippen LogP contribution in [0.15, 0.2) is 29.8 Å². The van der Waals surface area contributed by atoms with E-state index in [1.807, 2.05) is 37.4 Å². The van der Waals surface area contributed by atoms with E-state index in [0.29, 0.717) is 12.4 Å². The van der Waals surface area contributed by atoms with E-state index < -0.39 is 0 Å². The van der Waals surface area contributed by atoms with Crippen molar-refractivity contribution in [3.05, 3.63) is 46.9 Å². The maximum Gasteiger partial charge on any atom is 0.308 e. The molecular formula is C17H16N2O3S. The van der Waals surface area contributed by atoms with E-state index in [4.69, 9.17) is 9.47 Å². The molecule has 0 bridgehead atoms. The van der Waals surface area contributed by atoms with E-state index in [-0.39, 0.29) is 5.97 Å². The van der Waals surface area contributed by atoms with E-state index in [0.717, 1.165) is 32.9 Å². The Hall–Kier alpha value is -2.47. The van der Waals surface area contributed by atoms with Crippen molar-refractivity contribution in [2.24, 2.45) is 0 Å². The zero-order chi connectivity index (χ0) is 16.4. The molecule has 0 aliphatic rings. The topological polar surface area (TPSA) is 61.3 Å². The van der Waals surface area contributed by atoms with Gasteiger partial charge in [-0.3, -0.25) is 4.79 Å². The van der Waals surface area contributed by atoms with Crippen LogP contribution in [0.1, 0.15) is 24.0 Å². The maximum absolute atomic E-state index is 11.1. The summed E-state index contributed by atoms with van der Waals surface area (Å²) in [7, 11) is 0. The SMILES string of the molecule is CC(=O)Oc1csc2cc(OCc3cnc(C)nc3C)ccc12. The molecular weight excluding hydrogens is 312 g/mol. The molecule has 3 aromatic rings. The van der Waals surface area contributed by atoms with Crippen molar-refractivity contribution in [3.63, 3.8) is 0 Å². The molecule has 0 saturated heterocycles. The molecule has 0 spiro atoms. The summed E-state index contributed by atoms with van der Waals surface area (Å²) in [5, 5.41) is 2.74. The van der Waals surface area contributed by atoms with Gasteiger partial charge in [-0.2, -0.15) is 0 Å². The summed E-state index contributed by atoms with van der Waals surface area (Å²) in [6.07, 6.45) is 1.79. The standard InChI is InChI=1S/C17H16N2O3S/c1-10-13(7-18-11(2)19-10)8-21-14-4-5-15-16(22-12(3)20)9-23-17(15)6-14/h4-7,9H,8H2,1-3H3. The summed E-state index contributed by atoms with van der Waals surface area (Å²) in [6, 6.07) is 5.71. The predicted molar refractivity (Wildman–Crippen MR) is 89.0 cm³/mol. The lowest BCUT2D eigenvalue weighted by molar-refractivity contribution is -0.131. The normalized spacial score (nSPS) is 10.7. The van der Waals surface area contributed by atoms with Crippen LogP contribution < -0.4 is 9.47 Å². The minimum atomic E-state index is -0.320.